The van der Waals surface area contributed by atoms with Crippen molar-refractivity contribution in [1.29, 1.82) is 0 Å². The van der Waals surface area contributed by atoms with Crippen LogP contribution in [-0.2, 0) is 34.2 Å². The second-order valence-electron chi connectivity index (χ2n) is 8.22. The number of hydrogen-bond donors (Lipinski definition) is 0. The lowest BCUT2D eigenvalue weighted by Crippen LogP contribution is -2.45. The number of piperidine rings is 1. The van der Waals surface area contributed by atoms with Crippen LogP contribution in [0.4, 0.5) is 4.39 Å². The molecule has 1 aromatic carbocycles. The number of carbonyl (C=O) groups is 2. The lowest BCUT2D eigenvalue weighted by Gasteiger charge is -2.31. The van der Waals surface area contributed by atoms with E-state index in [9.17, 15) is 30.8 Å². The Kier molecular flexibility index (Phi) is 7.25. The van der Waals surface area contributed by atoms with E-state index < -0.39 is 55.6 Å². The number of benzene rings is 1. The molecule has 2 aliphatic rings. The summed E-state index contributed by atoms with van der Waals surface area (Å²) in [5.41, 5.74) is 0. The number of rotatable bonds is 6. The number of sulfone groups is 1. The number of likely N-dealkylation sites (N-methyl/N-ethyl adjacent to an activating group) is 1. The van der Waals surface area contributed by atoms with Crippen molar-refractivity contribution in [3.8, 4) is 0 Å². The molecule has 2 saturated heterocycles. The van der Waals surface area contributed by atoms with E-state index in [1.165, 1.54) is 35.3 Å². The molecule has 2 atom stereocenters. The molecular weight excluding hydrogens is 463 g/mol. The Morgan fingerprint density at radius 3 is 2.28 bits per heavy atom. The molecule has 0 bridgehead atoms. The van der Waals surface area contributed by atoms with E-state index in [1.807, 2.05) is 0 Å². The second kappa shape index (κ2) is 9.44. The van der Waals surface area contributed by atoms with Gasteiger partial charge in [0.2, 0.25) is 10.0 Å². The fourth-order valence-corrected chi connectivity index (χ4v) is 7.20. The van der Waals surface area contributed by atoms with Gasteiger partial charge in [0, 0.05) is 26.2 Å². The van der Waals surface area contributed by atoms with Crippen molar-refractivity contribution in [2.24, 2.45) is 5.92 Å². The van der Waals surface area contributed by atoms with Crippen molar-refractivity contribution < 1.29 is 35.6 Å². The van der Waals surface area contributed by atoms with Crippen LogP contribution in [0.5, 0.6) is 0 Å². The quantitative estimate of drug-likeness (QED) is 0.541. The highest BCUT2D eigenvalue weighted by molar-refractivity contribution is 7.91. The number of hydrogen-bond acceptors (Lipinski definition) is 7. The van der Waals surface area contributed by atoms with Crippen LogP contribution in [-0.4, -0.2) is 81.7 Å². The Labute approximate surface area is 187 Å². The van der Waals surface area contributed by atoms with E-state index >= 15 is 0 Å². The molecule has 0 radical (unpaired) electrons. The average molecular weight is 491 g/mol. The number of ether oxygens (including phenoxy) is 1. The molecular formula is C20H27FN2O7S2. The van der Waals surface area contributed by atoms with Crippen molar-refractivity contribution in [3.05, 3.63) is 30.1 Å². The summed E-state index contributed by atoms with van der Waals surface area (Å²) in [6, 6.07) is 4.11. The zero-order chi connectivity index (χ0) is 23.7. The first-order chi connectivity index (χ1) is 14.9. The van der Waals surface area contributed by atoms with E-state index in [4.69, 9.17) is 4.74 Å². The third-order valence-corrected chi connectivity index (χ3v) is 9.65. The highest BCUT2D eigenvalue weighted by atomic mass is 32.2. The van der Waals surface area contributed by atoms with E-state index in [2.05, 4.69) is 0 Å². The van der Waals surface area contributed by atoms with Crippen LogP contribution in [0.15, 0.2) is 29.2 Å². The van der Waals surface area contributed by atoms with Gasteiger partial charge in [-0.1, -0.05) is 0 Å². The van der Waals surface area contributed by atoms with Gasteiger partial charge >= 0.3 is 5.97 Å². The number of esters is 1. The molecule has 1 amide bonds. The Balaban J connectivity index is 1.52. The molecule has 1 aromatic rings. The Bertz CT molecular complexity index is 1070. The number of carbonyl (C=O) groups excluding carboxylic acids is 2. The van der Waals surface area contributed by atoms with Gasteiger partial charge in [-0.05, 0) is 50.5 Å². The molecule has 2 fully saturated rings. The van der Waals surface area contributed by atoms with Crippen molar-refractivity contribution in [3.63, 3.8) is 0 Å². The molecule has 0 saturated carbocycles. The van der Waals surface area contributed by atoms with E-state index in [0.717, 1.165) is 12.1 Å². The maximum absolute atomic E-state index is 13.1. The average Bonchev–Trinajstić information content (AvgIpc) is 3.12. The van der Waals surface area contributed by atoms with Crippen LogP contribution >= 0.6 is 0 Å². The molecule has 178 valence electrons. The monoisotopic (exact) mass is 490 g/mol. The summed E-state index contributed by atoms with van der Waals surface area (Å²) in [6.45, 7) is 1.64. The fraction of sp³-hybridized carbons (Fsp3) is 0.600. The molecule has 12 heteroatoms. The molecule has 0 spiro atoms. The lowest BCUT2D eigenvalue weighted by molar-refractivity contribution is -0.163. The van der Waals surface area contributed by atoms with Crippen LogP contribution < -0.4 is 0 Å². The summed E-state index contributed by atoms with van der Waals surface area (Å²) in [5.74, 6) is -2.22. The lowest BCUT2D eigenvalue weighted by atomic mass is 9.98. The molecule has 2 aliphatic heterocycles. The summed E-state index contributed by atoms with van der Waals surface area (Å²) >= 11 is 0. The van der Waals surface area contributed by atoms with Crippen molar-refractivity contribution in [1.82, 2.24) is 9.21 Å². The standard InChI is InChI=1S/C20H27FN2O7S2/c1-14(19(24)22(2)17-9-12-31(26,27)13-17)30-20(25)15-7-10-23(11-8-15)32(28,29)18-5-3-16(21)4-6-18/h3-6,14-15,17H,7-13H2,1-2H3/t14-,17-/m1/s1. The topological polar surface area (TPSA) is 118 Å². The minimum Gasteiger partial charge on any atom is -0.452 e. The van der Waals surface area contributed by atoms with Crippen molar-refractivity contribution >= 4 is 31.7 Å². The van der Waals surface area contributed by atoms with Crippen molar-refractivity contribution in [2.75, 3.05) is 31.6 Å². The van der Waals surface area contributed by atoms with Gasteiger partial charge in [-0.15, -0.1) is 0 Å². The Hall–Kier alpha value is -2.05. The Morgan fingerprint density at radius 2 is 1.75 bits per heavy atom. The highest BCUT2D eigenvalue weighted by Crippen LogP contribution is 2.25. The van der Waals surface area contributed by atoms with Gasteiger partial charge in [-0.3, -0.25) is 9.59 Å². The molecule has 2 heterocycles. The number of nitrogens with zero attached hydrogens (tertiary/aromatic N) is 2. The fourth-order valence-electron chi connectivity index (χ4n) is 3.96. The first-order valence-electron chi connectivity index (χ1n) is 10.3. The van der Waals surface area contributed by atoms with Crippen LogP contribution in [0.25, 0.3) is 0 Å². The minimum absolute atomic E-state index is 0.0175. The maximum Gasteiger partial charge on any atom is 0.309 e. The summed E-state index contributed by atoms with van der Waals surface area (Å²) < 4.78 is 68.3. The summed E-state index contributed by atoms with van der Waals surface area (Å²) in [4.78, 5) is 26.4. The van der Waals surface area contributed by atoms with Crippen LogP contribution in [0.1, 0.15) is 26.2 Å². The van der Waals surface area contributed by atoms with Gasteiger partial charge in [-0.25, -0.2) is 21.2 Å². The maximum atomic E-state index is 13.1. The number of sulfonamides is 1. The normalized spacial score (nSPS) is 22.9. The van der Waals surface area contributed by atoms with Crippen LogP contribution in [0.3, 0.4) is 0 Å². The molecule has 0 aromatic heterocycles. The first kappa shape index (κ1) is 24.6. The van der Waals surface area contributed by atoms with Gasteiger partial charge in [0.15, 0.2) is 15.9 Å². The third kappa shape index (κ3) is 5.46. The zero-order valence-corrected chi connectivity index (χ0v) is 19.6. The van der Waals surface area contributed by atoms with Crippen LogP contribution in [0, 0.1) is 11.7 Å². The molecule has 0 N–H and O–H groups in total. The largest absolute Gasteiger partial charge is 0.452 e. The van der Waals surface area contributed by atoms with Gasteiger partial charge < -0.3 is 9.64 Å². The molecule has 0 unspecified atom stereocenters. The highest BCUT2D eigenvalue weighted by Gasteiger charge is 2.37. The Morgan fingerprint density at radius 1 is 1.16 bits per heavy atom. The van der Waals surface area contributed by atoms with E-state index in [-0.39, 0.29) is 42.3 Å². The third-order valence-electron chi connectivity index (χ3n) is 5.98. The molecule has 0 aliphatic carbocycles. The molecule has 32 heavy (non-hydrogen) atoms. The summed E-state index contributed by atoms with van der Waals surface area (Å²) in [6.07, 6.45) is -0.253. The smallest absolute Gasteiger partial charge is 0.309 e. The minimum atomic E-state index is -3.79. The second-order valence-corrected chi connectivity index (χ2v) is 12.4. The van der Waals surface area contributed by atoms with Crippen molar-refractivity contribution in [2.45, 2.75) is 43.2 Å². The van der Waals surface area contributed by atoms with Gasteiger partial charge in [0.05, 0.1) is 22.3 Å². The van der Waals surface area contributed by atoms with E-state index in [1.54, 1.807) is 0 Å². The summed E-state index contributed by atoms with van der Waals surface area (Å²) in [5, 5.41) is 0. The van der Waals surface area contributed by atoms with Gasteiger partial charge in [0.25, 0.3) is 5.91 Å². The van der Waals surface area contributed by atoms with E-state index in [0.29, 0.717) is 6.42 Å². The number of amides is 1. The predicted molar refractivity (Wildman–Crippen MR) is 113 cm³/mol. The molecule has 9 nitrogen and oxygen atoms in total. The molecule has 3 rings (SSSR count). The first-order valence-corrected chi connectivity index (χ1v) is 13.6. The predicted octanol–water partition coefficient (Wildman–Crippen LogP) is 0.804. The summed E-state index contributed by atoms with van der Waals surface area (Å²) in [7, 11) is -5.45. The SMILES string of the molecule is C[C@@H](OC(=O)C1CCN(S(=O)(=O)c2ccc(F)cc2)CC1)C(=O)N(C)[C@@H]1CCS(=O)(=O)C1. The zero-order valence-electron chi connectivity index (χ0n) is 17.9. The van der Waals surface area contributed by atoms with Gasteiger partial charge in [0.1, 0.15) is 5.82 Å². The van der Waals surface area contributed by atoms with Gasteiger partial charge in [-0.2, -0.15) is 4.31 Å². The number of halogens is 1. The van der Waals surface area contributed by atoms with Crippen LogP contribution in [0.2, 0.25) is 0 Å².